The highest BCUT2D eigenvalue weighted by Gasteiger charge is 2.30. The molecule has 0 amide bonds. The second-order valence-electron chi connectivity index (χ2n) is 5.80. The molecule has 0 aliphatic carbocycles. The Kier molecular flexibility index (Phi) is 5.54. The molecule has 1 aromatic carbocycles. The number of H-pyrrole nitrogens is 1. The third-order valence-corrected chi connectivity index (χ3v) is 6.03. The Morgan fingerprint density at radius 2 is 2.24 bits per heavy atom. The first-order valence-electron chi connectivity index (χ1n) is 7.69. The summed E-state index contributed by atoms with van der Waals surface area (Å²) < 4.78 is 35.3. The first kappa shape index (κ1) is 18.1. The van der Waals surface area contributed by atoms with Gasteiger partial charge in [-0.05, 0) is 47.9 Å². The van der Waals surface area contributed by atoms with Gasteiger partial charge in [0.25, 0.3) is 0 Å². The number of aromatic amines is 1. The van der Waals surface area contributed by atoms with Crippen LogP contribution in [0.4, 0.5) is 5.69 Å². The first-order valence-corrected chi connectivity index (χ1v) is 10.1. The molecule has 136 valence electrons. The summed E-state index contributed by atoms with van der Waals surface area (Å²) in [5, 5.41) is 19.2. The number of hydrogen-bond acceptors (Lipinski definition) is 9. The molecule has 0 bridgehead atoms. The number of rotatable bonds is 5. The molecule has 2 heterocycles. The molecule has 1 saturated heterocycles. The van der Waals surface area contributed by atoms with Crippen molar-refractivity contribution in [2.24, 2.45) is 16.8 Å². The number of thiol groups is 1. The minimum atomic E-state index is -2.98. The van der Waals surface area contributed by atoms with Crippen molar-refractivity contribution in [2.45, 2.75) is 22.6 Å². The van der Waals surface area contributed by atoms with Crippen molar-refractivity contribution in [3.05, 3.63) is 12.1 Å². The van der Waals surface area contributed by atoms with Crippen LogP contribution in [0.2, 0.25) is 0 Å². The van der Waals surface area contributed by atoms with Gasteiger partial charge in [-0.1, -0.05) is 0 Å². The molecule has 0 spiro atoms. The largest absolute Gasteiger partial charge is 0.593 e. The van der Waals surface area contributed by atoms with Crippen LogP contribution in [0.25, 0.3) is 11.4 Å². The lowest BCUT2D eigenvalue weighted by Crippen LogP contribution is -2.39. The maximum atomic E-state index is 12.1. The van der Waals surface area contributed by atoms with E-state index in [0.717, 1.165) is 19.4 Å². The van der Waals surface area contributed by atoms with Crippen molar-refractivity contribution in [2.75, 3.05) is 24.5 Å². The van der Waals surface area contributed by atoms with Crippen LogP contribution in [-0.2, 0) is 22.1 Å². The van der Waals surface area contributed by atoms with Crippen LogP contribution in [0, 0.1) is 5.92 Å². The van der Waals surface area contributed by atoms with Crippen LogP contribution in [-0.4, -0.2) is 53.2 Å². The minimum Gasteiger partial charge on any atom is -0.593 e. The molecule has 10 nitrogen and oxygen atoms in total. The zero-order valence-electron chi connectivity index (χ0n) is 13.3. The molecular formula is C13H19N7O3S2. The van der Waals surface area contributed by atoms with Gasteiger partial charge in [0.15, 0.2) is 16.5 Å². The lowest BCUT2D eigenvalue weighted by Gasteiger charge is -2.35. The maximum Gasteiger partial charge on any atom is 0.205 e. The predicted octanol–water partition coefficient (Wildman–Crippen LogP) is -1.01. The number of nitrogens with zero attached hydrogens (tertiary/aromatic N) is 4. The summed E-state index contributed by atoms with van der Waals surface area (Å²) in [5.74, 6) is 0.550. The van der Waals surface area contributed by atoms with Crippen molar-refractivity contribution >= 4 is 27.8 Å². The average molecular weight is 385 g/mol. The van der Waals surface area contributed by atoms with E-state index in [1.807, 2.05) is 0 Å². The normalized spacial score (nSPS) is 19.4. The van der Waals surface area contributed by atoms with Gasteiger partial charge in [-0.25, -0.2) is 13.5 Å². The molecule has 5 N–H and O–H groups in total. The molecule has 1 aliphatic rings. The minimum absolute atomic E-state index is 0.00188. The molecule has 25 heavy (non-hydrogen) atoms. The van der Waals surface area contributed by atoms with Gasteiger partial charge in [0.05, 0.1) is 17.0 Å². The van der Waals surface area contributed by atoms with E-state index < -0.39 is 22.1 Å². The van der Waals surface area contributed by atoms with Gasteiger partial charge in [0, 0.05) is 13.1 Å². The summed E-state index contributed by atoms with van der Waals surface area (Å²) >= 11 is -2.03. The quantitative estimate of drug-likeness (QED) is 0.372. The summed E-state index contributed by atoms with van der Waals surface area (Å²) in [6, 6.07) is 3.09. The van der Waals surface area contributed by atoms with Gasteiger partial charge < -0.3 is 15.2 Å². The fraction of sp³-hybridized carbons (Fsp3) is 0.462. The Morgan fingerprint density at radius 3 is 2.84 bits per heavy atom. The molecule has 1 fully saturated rings. The molecule has 2 aromatic rings. The van der Waals surface area contributed by atoms with Crippen molar-refractivity contribution in [3.63, 3.8) is 0 Å². The second kappa shape index (κ2) is 7.66. The van der Waals surface area contributed by atoms with Crippen LogP contribution in [0.5, 0.6) is 0 Å². The van der Waals surface area contributed by atoms with Gasteiger partial charge in [-0.15, -0.1) is 10.2 Å². The third-order valence-electron chi connectivity index (χ3n) is 4.29. The molecule has 2 atom stereocenters. The van der Waals surface area contributed by atoms with Crippen LogP contribution < -0.4 is 15.8 Å². The summed E-state index contributed by atoms with van der Waals surface area (Å²) in [7, 11) is -2.98. The maximum absolute atomic E-state index is 12.1. The Morgan fingerprint density at radius 1 is 1.44 bits per heavy atom. The van der Waals surface area contributed by atoms with E-state index in [1.54, 1.807) is 6.07 Å². The van der Waals surface area contributed by atoms with E-state index in [4.69, 9.17) is 10.9 Å². The molecule has 1 aromatic heterocycles. The average Bonchev–Trinajstić information content (AvgIpc) is 3.14. The standard InChI is InChI=1S/C13H19N7O3S2/c14-6-8-2-1-5-20(7-8)9-3-4-10(25(22)23)12(24(15)21)11(9)13-16-18-19-17-13/h3-4,8,25H,1-2,5-7,14-15H2,(H,16,17,18,19)/t8-,24?/m1/s1. The molecule has 0 saturated carbocycles. The fourth-order valence-corrected chi connectivity index (χ4v) is 4.79. The van der Waals surface area contributed by atoms with Gasteiger partial charge in [0.2, 0.25) is 4.90 Å². The van der Waals surface area contributed by atoms with E-state index in [-0.39, 0.29) is 15.6 Å². The van der Waals surface area contributed by atoms with Crippen LogP contribution in [0.1, 0.15) is 12.8 Å². The van der Waals surface area contributed by atoms with E-state index in [0.29, 0.717) is 30.3 Å². The van der Waals surface area contributed by atoms with E-state index >= 15 is 0 Å². The number of tetrazole rings is 1. The third kappa shape index (κ3) is 3.62. The highest BCUT2D eigenvalue weighted by molar-refractivity contribution is 7.89. The number of benzene rings is 1. The molecule has 1 unspecified atom stereocenters. The van der Waals surface area contributed by atoms with Crippen molar-refractivity contribution in [1.29, 1.82) is 0 Å². The zero-order chi connectivity index (χ0) is 18.0. The van der Waals surface area contributed by atoms with Crippen LogP contribution in [0.3, 0.4) is 0 Å². The van der Waals surface area contributed by atoms with Gasteiger partial charge in [0.1, 0.15) is 10.5 Å². The second-order valence-corrected chi connectivity index (χ2v) is 7.80. The van der Waals surface area contributed by atoms with E-state index in [9.17, 15) is 13.0 Å². The van der Waals surface area contributed by atoms with Gasteiger partial charge >= 0.3 is 0 Å². The molecule has 0 radical (unpaired) electrons. The van der Waals surface area contributed by atoms with Crippen LogP contribution >= 0.6 is 0 Å². The number of aromatic nitrogens is 4. The Bertz CT molecular complexity index is 802. The van der Waals surface area contributed by atoms with E-state index in [1.165, 1.54) is 6.07 Å². The SMILES string of the molecule is NC[C@H]1CCCN(c2ccc([SH](=O)=O)c([S+](N)[O-])c2-c2nnn[nH]2)C1. The molecule has 3 rings (SSSR count). The highest BCUT2D eigenvalue weighted by atomic mass is 32.2. The lowest BCUT2D eigenvalue weighted by atomic mass is 9.97. The zero-order valence-corrected chi connectivity index (χ0v) is 15.0. The monoisotopic (exact) mass is 385 g/mol. The van der Waals surface area contributed by atoms with Crippen LogP contribution in [0.15, 0.2) is 21.9 Å². The summed E-state index contributed by atoms with van der Waals surface area (Å²) in [6.45, 7) is 2.05. The van der Waals surface area contributed by atoms with Crippen molar-refractivity contribution in [3.8, 4) is 11.4 Å². The topological polar surface area (TPSA) is 167 Å². The Hall–Kier alpha value is -1.73. The van der Waals surface area contributed by atoms with E-state index in [2.05, 4.69) is 25.5 Å². The fourth-order valence-electron chi connectivity index (χ4n) is 3.14. The van der Waals surface area contributed by atoms with Crippen molar-refractivity contribution < 1.29 is 13.0 Å². The number of piperidine rings is 1. The Balaban J connectivity index is 2.20. The summed E-state index contributed by atoms with van der Waals surface area (Å²) in [5.41, 5.74) is 6.84. The molecule has 12 heteroatoms. The van der Waals surface area contributed by atoms with Gasteiger partial charge in [-0.3, -0.25) is 0 Å². The first-order chi connectivity index (χ1) is 12.0. The summed E-state index contributed by atoms with van der Waals surface area (Å²) in [4.78, 5) is 1.98. The molecule has 1 aliphatic heterocycles. The Labute approximate surface area is 149 Å². The van der Waals surface area contributed by atoms with Gasteiger partial charge in [-0.2, -0.15) is 0 Å². The number of anilines is 1. The highest BCUT2D eigenvalue weighted by Crippen LogP contribution is 2.38. The predicted molar refractivity (Wildman–Crippen MR) is 92.8 cm³/mol. The summed E-state index contributed by atoms with van der Waals surface area (Å²) in [6.07, 6.45) is 1.99. The molecular weight excluding hydrogens is 366 g/mol. The van der Waals surface area contributed by atoms with Crippen molar-refractivity contribution in [1.82, 2.24) is 20.6 Å². The smallest absolute Gasteiger partial charge is 0.205 e. The number of nitrogens with two attached hydrogens (primary N) is 2. The number of nitrogens with one attached hydrogen (secondary N) is 1. The lowest BCUT2D eigenvalue weighted by molar-refractivity contribution is 0.423. The number of hydrogen-bond donors (Lipinski definition) is 4.